The largest absolute Gasteiger partial charge is 0.0687 e. The minimum Gasteiger partial charge on any atom is -0.0687 e. The van der Waals surface area contributed by atoms with Crippen LogP contribution in [0.3, 0.4) is 0 Å². The maximum absolute atomic E-state index is 3.32. The van der Waals surface area contributed by atoms with Gasteiger partial charge < -0.3 is 0 Å². The van der Waals surface area contributed by atoms with E-state index in [9.17, 15) is 0 Å². The molecule has 68 heavy (non-hydrogen) atoms. The first kappa shape index (κ1) is 53.2. The zero-order valence-electron chi connectivity index (χ0n) is 34.4. The summed E-state index contributed by atoms with van der Waals surface area (Å²) in [5.41, 5.74) is 164. The summed E-state index contributed by atoms with van der Waals surface area (Å²) in [6.07, 6.45) is 0. The molecule has 0 saturated carbocycles. The highest BCUT2D eigenvalue weighted by atomic mass is 13.5. The van der Waals surface area contributed by atoms with Crippen LogP contribution in [0, 0.1) is 0 Å². The smallest absolute Gasteiger partial charge is 0 e. The lowest BCUT2D eigenvalue weighted by Crippen LogP contribution is -1.26. The van der Waals surface area contributed by atoms with Crippen LogP contribution in [0.5, 0.6) is 0 Å². The van der Waals surface area contributed by atoms with Gasteiger partial charge in [-0.25, -0.2) is 0 Å². The Morgan fingerprint density at radius 1 is 0.0735 bits per heavy atom. The summed E-state index contributed by atoms with van der Waals surface area (Å²) < 4.78 is 0. The summed E-state index contributed by atoms with van der Waals surface area (Å²) in [6.45, 7) is 6.63. The van der Waals surface area contributed by atoms with Gasteiger partial charge in [-0.3, -0.25) is 0 Å². The van der Waals surface area contributed by atoms with E-state index in [0.717, 1.165) is 0 Å². The molecule has 0 spiro atoms. The van der Waals surface area contributed by atoms with Crippen molar-refractivity contribution in [1.29, 1.82) is 0 Å². The highest BCUT2D eigenvalue weighted by Crippen LogP contribution is 1.63. The number of rotatable bonds is 0. The van der Waals surface area contributed by atoms with Gasteiger partial charge in [0.25, 0.3) is 0 Å². The molecule has 0 aromatic rings. The van der Waals surface area contributed by atoms with Crippen LogP contribution in [-0.2, 0) is 0 Å². The molecular weight excluding hydrogens is 817 g/mol. The van der Waals surface area contributed by atoms with E-state index in [2.05, 4.69) is 391 Å². The van der Waals surface area contributed by atoms with E-state index in [0.29, 0.717) is 0 Å². The third-order valence-corrected chi connectivity index (χ3v) is 4.11. The van der Waals surface area contributed by atoms with Crippen LogP contribution in [0.2, 0.25) is 0 Å². The molecule has 0 atom stereocenters. The van der Waals surface area contributed by atoms with Crippen LogP contribution in [-0.4, -0.2) is 0 Å². The number of hydrogen-bond donors (Lipinski definition) is 0. The lowest BCUT2D eigenvalue weighted by Gasteiger charge is -1.41. The fraction of sp³-hybridized carbons (Fsp3) is 0. The first-order valence-corrected chi connectivity index (χ1v) is 17.0. The Bertz CT molecular complexity index is 4680. The molecule has 0 rings (SSSR count). The van der Waals surface area contributed by atoms with Gasteiger partial charge in [0.1, 0.15) is 0 Å². The average Bonchev–Trinajstić information content (AvgIpc) is 3.35. The second kappa shape index (κ2) is 52.2. The van der Waals surface area contributed by atoms with Crippen molar-refractivity contribution < 1.29 is 0 Å². The molecule has 0 aliphatic heterocycles. The molecule has 0 heterocycles. The minimum absolute atomic E-state index is 2.37. The summed E-state index contributed by atoms with van der Waals surface area (Å²) in [4.78, 5) is 0. The summed E-state index contributed by atoms with van der Waals surface area (Å²) in [6, 6.07) is 0. The van der Waals surface area contributed by atoms with Gasteiger partial charge in [-0.15, -0.1) is 0 Å². The molecule has 0 aliphatic carbocycles. The van der Waals surface area contributed by atoms with Crippen LogP contribution in [0.15, 0.2) is 391 Å². The highest BCUT2D eigenvalue weighted by molar-refractivity contribution is 4.99. The van der Waals surface area contributed by atoms with E-state index in [-0.39, 0.29) is 0 Å². The van der Waals surface area contributed by atoms with Crippen LogP contribution in [0.1, 0.15) is 0 Å². The van der Waals surface area contributed by atoms with Gasteiger partial charge in [0, 0.05) is 275 Å². The van der Waals surface area contributed by atoms with E-state index in [1.165, 1.54) is 0 Å². The Morgan fingerprint density at radius 2 is 0.118 bits per heavy atom. The SMILES string of the molecule is C=C=C=C=C=C=C=C=C=C=C=C=C=C=C=C=C=C=C=C=C=C=C=C=C=C=C=C=C=C=C=C=C=C=C=C=C=C=C=C=C=C=C=C=C=C=C=C=C=C=C=C=C=C=C=C=C=C=C=C=C=C=C=C=C=C=C=C. The van der Waals surface area contributed by atoms with Crippen molar-refractivity contribution in [3.8, 4) is 0 Å². The highest BCUT2D eigenvalue weighted by Gasteiger charge is 1.47. The van der Waals surface area contributed by atoms with E-state index in [1.807, 2.05) is 0 Å². The summed E-state index contributed by atoms with van der Waals surface area (Å²) in [5, 5.41) is 0. The van der Waals surface area contributed by atoms with Gasteiger partial charge in [0.15, 0.2) is 0 Å². The Balaban J connectivity index is 6.13. The lowest BCUT2D eigenvalue weighted by atomic mass is 10.6. The fourth-order valence-electron chi connectivity index (χ4n) is 2.03. The van der Waals surface area contributed by atoms with Gasteiger partial charge in [-0.2, -0.15) is 0 Å². The Hall–Kier alpha value is -14.8. The minimum atomic E-state index is 2.37. The van der Waals surface area contributed by atoms with Gasteiger partial charge >= 0.3 is 0 Å². The van der Waals surface area contributed by atoms with E-state index >= 15 is 0 Å². The molecule has 0 amide bonds. The maximum Gasteiger partial charge on any atom is 0 e. The lowest BCUT2D eigenvalue weighted by molar-refractivity contribution is 2.10. The van der Waals surface area contributed by atoms with Crippen molar-refractivity contribution in [2.45, 2.75) is 0 Å². The van der Waals surface area contributed by atoms with Crippen LogP contribution in [0.4, 0.5) is 0 Å². The Kier molecular flexibility index (Phi) is 40.9. The summed E-state index contributed by atoms with van der Waals surface area (Å²) >= 11 is 0. The third kappa shape index (κ3) is 51.2. The summed E-state index contributed by atoms with van der Waals surface area (Å²) in [5.74, 6) is 0. The second-order valence-corrected chi connectivity index (χ2v) is 8.35. The molecule has 0 N–H and O–H groups in total. The van der Waals surface area contributed by atoms with Gasteiger partial charge in [-0.05, 0) is 105 Å². The first-order valence-electron chi connectivity index (χ1n) is 17.0. The molecule has 0 aliphatic rings. The van der Waals surface area contributed by atoms with Crippen LogP contribution < -0.4 is 0 Å². The van der Waals surface area contributed by atoms with E-state index < -0.39 is 0 Å². The van der Waals surface area contributed by atoms with Crippen molar-refractivity contribution in [2.75, 3.05) is 0 Å². The van der Waals surface area contributed by atoms with Crippen molar-refractivity contribution in [3.05, 3.63) is 391 Å². The van der Waals surface area contributed by atoms with Gasteiger partial charge in [0.2, 0.25) is 0 Å². The average molecular weight is 821 g/mol. The van der Waals surface area contributed by atoms with Crippen molar-refractivity contribution in [3.63, 3.8) is 0 Å². The molecule has 0 radical (unpaired) electrons. The Labute approximate surface area is 389 Å². The number of hydrogen-bond acceptors (Lipinski definition) is 0. The monoisotopic (exact) mass is 820 g/mol. The standard InChI is InChI=1S/C68H4/c1-3-5-7-9-11-13-15-17-19-21-23-25-27-29-31-33-35-37-39-41-43-45-47-49-51-53-55-57-59-61-63-65-67-68-66-64-62-60-58-56-54-52-50-48-46-44-42-40-38-36-34-32-30-28-26-24-22-20-18-16-14-12-10-8-6-4-2/h1-2H2. The van der Waals surface area contributed by atoms with Crippen molar-refractivity contribution in [1.82, 2.24) is 0 Å². The van der Waals surface area contributed by atoms with Crippen LogP contribution >= 0.6 is 0 Å². The van der Waals surface area contributed by atoms with Crippen molar-refractivity contribution >= 4 is 0 Å². The quantitative estimate of drug-likeness (QED) is 0.214. The molecular formula is C68H4. The molecule has 0 fully saturated rings. The molecule has 276 valence electrons. The van der Waals surface area contributed by atoms with Crippen LogP contribution in [0.25, 0.3) is 0 Å². The van der Waals surface area contributed by atoms with E-state index in [1.54, 1.807) is 0 Å². The predicted octanol–water partition coefficient (Wildman–Crippen LogP) is 11.0. The third-order valence-electron chi connectivity index (χ3n) is 4.11. The predicted molar refractivity (Wildman–Crippen MR) is 243 cm³/mol. The zero-order valence-corrected chi connectivity index (χ0v) is 34.4. The molecule has 0 bridgehead atoms. The zero-order chi connectivity index (χ0) is 48.7. The van der Waals surface area contributed by atoms with Crippen molar-refractivity contribution in [2.24, 2.45) is 0 Å². The maximum atomic E-state index is 3.32. The second-order valence-electron chi connectivity index (χ2n) is 8.35. The Morgan fingerprint density at radius 3 is 0.162 bits per heavy atom. The van der Waals surface area contributed by atoms with E-state index in [4.69, 9.17) is 0 Å². The first-order chi connectivity index (χ1) is 33.9. The fourth-order valence-corrected chi connectivity index (χ4v) is 2.03. The molecule has 0 nitrogen and oxygen atoms in total. The molecule has 0 aromatic carbocycles. The normalized spacial score (nSPS) is 3.94. The molecule has 0 aromatic heterocycles. The molecule has 0 heteroatoms. The molecule has 0 saturated heterocycles. The molecule has 0 unspecified atom stereocenters. The summed E-state index contributed by atoms with van der Waals surface area (Å²) in [7, 11) is 0. The topological polar surface area (TPSA) is 0 Å². The van der Waals surface area contributed by atoms with Gasteiger partial charge in [0.05, 0.1) is 0 Å². The van der Waals surface area contributed by atoms with Gasteiger partial charge in [-0.1, -0.05) is 11.5 Å².